The van der Waals surface area contributed by atoms with Crippen LogP contribution in [0.5, 0.6) is 0 Å². The molecule has 0 aromatic heterocycles. The van der Waals surface area contributed by atoms with E-state index in [9.17, 15) is 8.78 Å². The molecule has 0 saturated heterocycles. The molecule has 0 amide bonds. The molecule has 0 fully saturated rings. The van der Waals surface area contributed by atoms with Gasteiger partial charge in [-0.25, -0.2) is 8.78 Å². The molecular weight excluding hydrogens is 258 g/mol. The Labute approximate surface area is 116 Å². The summed E-state index contributed by atoms with van der Waals surface area (Å²) < 4.78 is 26.2. The van der Waals surface area contributed by atoms with Crippen molar-refractivity contribution in [3.05, 3.63) is 64.7 Å². The summed E-state index contributed by atoms with van der Waals surface area (Å²) in [6.07, 6.45) is 0. The van der Waals surface area contributed by atoms with Gasteiger partial charge in [0.05, 0.1) is 11.3 Å². The smallest absolute Gasteiger partial charge is 0.159 e. The largest absolute Gasteiger partial charge is 0.377 e. The van der Waals surface area contributed by atoms with Crippen LogP contribution in [0.2, 0.25) is 0 Å². The van der Waals surface area contributed by atoms with Gasteiger partial charge in [-0.3, -0.25) is 0 Å². The van der Waals surface area contributed by atoms with Crippen LogP contribution in [0.15, 0.2) is 36.4 Å². The summed E-state index contributed by atoms with van der Waals surface area (Å²) in [5.74, 6) is -1.74. The van der Waals surface area contributed by atoms with Gasteiger partial charge < -0.3 is 5.32 Å². The normalized spacial score (nSPS) is 11.8. The maximum absolute atomic E-state index is 13.2. The van der Waals surface area contributed by atoms with Crippen molar-refractivity contribution in [1.29, 1.82) is 5.26 Å². The van der Waals surface area contributed by atoms with Gasteiger partial charge >= 0.3 is 0 Å². The summed E-state index contributed by atoms with van der Waals surface area (Å²) in [7, 11) is 0. The predicted molar refractivity (Wildman–Crippen MR) is 74.3 cm³/mol. The van der Waals surface area contributed by atoms with Crippen LogP contribution in [0.1, 0.15) is 29.7 Å². The van der Waals surface area contributed by atoms with E-state index in [-0.39, 0.29) is 6.04 Å². The molecule has 0 radical (unpaired) electrons. The van der Waals surface area contributed by atoms with Crippen molar-refractivity contribution in [3.63, 3.8) is 0 Å². The van der Waals surface area contributed by atoms with E-state index in [4.69, 9.17) is 5.26 Å². The van der Waals surface area contributed by atoms with E-state index in [1.165, 1.54) is 6.07 Å². The maximum atomic E-state index is 13.2. The van der Waals surface area contributed by atoms with E-state index in [2.05, 4.69) is 11.4 Å². The van der Waals surface area contributed by atoms with Gasteiger partial charge in [-0.15, -0.1) is 0 Å². The zero-order valence-corrected chi connectivity index (χ0v) is 11.2. The fraction of sp³-hybridized carbons (Fsp3) is 0.188. The second-order valence-electron chi connectivity index (χ2n) is 4.65. The minimum atomic E-state index is -0.874. The number of nitriles is 1. The lowest BCUT2D eigenvalue weighted by Crippen LogP contribution is -2.09. The highest BCUT2D eigenvalue weighted by Crippen LogP contribution is 2.24. The molecule has 20 heavy (non-hydrogen) atoms. The lowest BCUT2D eigenvalue weighted by atomic mass is 10.0. The Balaban J connectivity index is 2.28. The van der Waals surface area contributed by atoms with Gasteiger partial charge in [-0.05, 0) is 43.2 Å². The van der Waals surface area contributed by atoms with Gasteiger partial charge in [0.15, 0.2) is 11.6 Å². The second-order valence-corrected chi connectivity index (χ2v) is 4.65. The van der Waals surface area contributed by atoms with Crippen LogP contribution in [0.3, 0.4) is 0 Å². The molecule has 102 valence electrons. The van der Waals surface area contributed by atoms with Crippen LogP contribution in [0, 0.1) is 29.9 Å². The Morgan fingerprint density at radius 2 is 1.90 bits per heavy atom. The number of hydrogen-bond acceptors (Lipinski definition) is 2. The average Bonchev–Trinajstić information content (AvgIpc) is 2.42. The Morgan fingerprint density at radius 3 is 2.55 bits per heavy atom. The van der Waals surface area contributed by atoms with Crippen molar-refractivity contribution >= 4 is 5.69 Å². The summed E-state index contributed by atoms with van der Waals surface area (Å²) >= 11 is 0. The maximum Gasteiger partial charge on any atom is 0.159 e. The molecule has 0 aliphatic rings. The van der Waals surface area contributed by atoms with E-state index < -0.39 is 11.6 Å². The van der Waals surface area contributed by atoms with Crippen LogP contribution >= 0.6 is 0 Å². The number of anilines is 1. The molecule has 0 aliphatic heterocycles. The zero-order valence-electron chi connectivity index (χ0n) is 11.2. The monoisotopic (exact) mass is 272 g/mol. The van der Waals surface area contributed by atoms with Gasteiger partial charge in [0.1, 0.15) is 6.07 Å². The first-order valence-corrected chi connectivity index (χ1v) is 6.24. The van der Waals surface area contributed by atoms with Crippen LogP contribution in [-0.2, 0) is 0 Å². The highest BCUT2D eigenvalue weighted by molar-refractivity contribution is 5.61. The van der Waals surface area contributed by atoms with Gasteiger partial charge in [0, 0.05) is 6.04 Å². The number of halogens is 2. The molecule has 0 aliphatic carbocycles. The molecular formula is C16H14F2N2. The average molecular weight is 272 g/mol. The molecule has 2 aromatic carbocycles. The second kappa shape index (κ2) is 5.70. The number of nitrogens with one attached hydrogen (secondary N) is 1. The third-order valence-corrected chi connectivity index (χ3v) is 3.20. The third kappa shape index (κ3) is 2.77. The van der Waals surface area contributed by atoms with E-state index >= 15 is 0 Å². The first-order chi connectivity index (χ1) is 9.52. The molecule has 0 bridgehead atoms. The topological polar surface area (TPSA) is 35.8 Å². The van der Waals surface area contributed by atoms with Gasteiger partial charge in [-0.1, -0.05) is 18.2 Å². The molecule has 1 atom stereocenters. The fourth-order valence-corrected chi connectivity index (χ4v) is 2.03. The molecule has 1 unspecified atom stereocenters. The minimum Gasteiger partial charge on any atom is -0.377 e. The fourth-order valence-electron chi connectivity index (χ4n) is 2.03. The summed E-state index contributed by atoms with van der Waals surface area (Å²) in [6, 6.07) is 11.2. The van der Waals surface area contributed by atoms with E-state index in [1.807, 2.05) is 26.0 Å². The lowest BCUT2D eigenvalue weighted by molar-refractivity contribution is 0.506. The molecule has 0 spiro atoms. The minimum absolute atomic E-state index is 0.237. The molecule has 0 heterocycles. The van der Waals surface area contributed by atoms with Gasteiger partial charge in [0.25, 0.3) is 0 Å². The van der Waals surface area contributed by atoms with Gasteiger partial charge in [-0.2, -0.15) is 5.26 Å². The van der Waals surface area contributed by atoms with Crippen LogP contribution in [0.4, 0.5) is 14.5 Å². The summed E-state index contributed by atoms with van der Waals surface area (Å²) in [5, 5.41) is 12.3. The number of nitrogens with zero attached hydrogens (tertiary/aromatic N) is 1. The molecule has 0 saturated carbocycles. The molecule has 2 aromatic rings. The SMILES string of the molecule is Cc1cccc(NC(C)c2ccc(F)c(F)c2)c1C#N. The molecule has 2 rings (SSSR count). The van der Waals surface area contributed by atoms with E-state index in [0.717, 1.165) is 17.7 Å². The van der Waals surface area contributed by atoms with Crippen molar-refractivity contribution in [3.8, 4) is 6.07 Å². The van der Waals surface area contributed by atoms with Crippen LogP contribution in [0.25, 0.3) is 0 Å². The van der Waals surface area contributed by atoms with Crippen molar-refractivity contribution in [2.45, 2.75) is 19.9 Å². The summed E-state index contributed by atoms with van der Waals surface area (Å²) in [6.45, 7) is 3.68. The lowest BCUT2D eigenvalue weighted by Gasteiger charge is -2.17. The standard InChI is InChI=1S/C16H14F2N2/c1-10-4-3-5-16(13(10)9-19)20-11(2)12-6-7-14(17)15(18)8-12/h3-8,11,20H,1-2H3. The third-order valence-electron chi connectivity index (χ3n) is 3.20. The Kier molecular flexibility index (Phi) is 3.99. The van der Waals surface area contributed by atoms with Gasteiger partial charge in [0.2, 0.25) is 0 Å². The summed E-state index contributed by atoms with van der Waals surface area (Å²) in [4.78, 5) is 0. The first kappa shape index (κ1) is 14.0. The predicted octanol–water partition coefficient (Wildman–Crippen LogP) is 4.32. The van der Waals surface area contributed by atoms with Crippen molar-refractivity contribution < 1.29 is 8.78 Å². The first-order valence-electron chi connectivity index (χ1n) is 6.24. The van der Waals surface area contributed by atoms with Crippen molar-refractivity contribution in [1.82, 2.24) is 0 Å². The van der Waals surface area contributed by atoms with Crippen LogP contribution < -0.4 is 5.32 Å². The quantitative estimate of drug-likeness (QED) is 0.903. The Morgan fingerprint density at radius 1 is 1.15 bits per heavy atom. The highest BCUT2D eigenvalue weighted by Gasteiger charge is 2.12. The highest BCUT2D eigenvalue weighted by atomic mass is 19.2. The number of benzene rings is 2. The van der Waals surface area contributed by atoms with Crippen molar-refractivity contribution in [2.75, 3.05) is 5.32 Å². The number of rotatable bonds is 3. The van der Waals surface area contributed by atoms with Crippen LogP contribution in [-0.4, -0.2) is 0 Å². The van der Waals surface area contributed by atoms with E-state index in [1.54, 1.807) is 6.07 Å². The Hall–Kier alpha value is -2.41. The Bertz CT molecular complexity index is 675. The molecule has 2 nitrogen and oxygen atoms in total. The molecule has 4 heteroatoms. The number of aryl methyl sites for hydroxylation is 1. The van der Waals surface area contributed by atoms with E-state index in [0.29, 0.717) is 16.8 Å². The number of hydrogen-bond donors (Lipinski definition) is 1. The zero-order chi connectivity index (χ0) is 14.7. The molecule has 1 N–H and O–H groups in total. The summed E-state index contributed by atoms with van der Waals surface area (Å²) in [5.41, 5.74) is 2.73. The van der Waals surface area contributed by atoms with Crippen molar-refractivity contribution in [2.24, 2.45) is 0 Å².